The molecule has 0 aromatic rings. The van der Waals surface area contributed by atoms with Crippen molar-refractivity contribution in [2.24, 2.45) is 16.7 Å². The summed E-state index contributed by atoms with van der Waals surface area (Å²) < 4.78 is 10.2. The Kier molecular flexibility index (Phi) is 4.21. The molecule has 3 unspecified atom stereocenters. The van der Waals surface area contributed by atoms with Crippen molar-refractivity contribution in [3.05, 3.63) is 0 Å². The minimum atomic E-state index is 0.00526. The van der Waals surface area contributed by atoms with Crippen molar-refractivity contribution in [3.63, 3.8) is 0 Å². The van der Waals surface area contributed by atoms with Gasteiger partial charge < -0.3 is 14.8 Å². The van der Waals surface area contributed by atoms with Crippen LogP contribution in [0.3, 0.4) is 0 Å². The van der Waals surface area contributed by atoms with Crippen molar-refractivity contribution in [1.82, 2.24) is 5.32 Å². The molecule has 0 aromatic heterocycles. The molecule has 0 spiro atoms. The summed E-state index contributed by atoms with van der Waals surface area (Å²) in [6.45, 7) is 8.18. The molecule has 2 bridgehead atoms. The first-order valence-electron chi connectivity index (χ1n) is 7.28. The second-order valence-electron chi connectivity index (χ2n) is 6.78. The minimum Gasteiger partial charge on any atom is -0.382 e. The maximum Gasteiger partial charge on any atom is 0.246 e. The summed E-state index contributed by atoms with van der Waals surface area (Å²) in [4.78, 5) is 11.9. The van der Waals surface area contributed by atoms with Gasteiger partial charge >= 0.3 is 0 Å². The van der Waals surface area contributed by atoms with Crippen LogP contribution in [0.5, 0.6) is 0 Å². The first-order chi connectivity index (χ1) is 8.91. The van der Waals surface area contributed by atoms with E-state index in [0.717, 1.165) is 12.3 Å². The molecule has 2 aliphatic carbocycles. The second kappa shape index (κ2) is 5.41. The van der Waals surface area contributed by atoms with E-state index in [1.165, 1.54) is 12.8 Å². The molecule has 4 heteroatoms. The summed E-state index contributed by atoms with van der Waals surface area (Å²) in [5.74, 6) is 0.753. The first kappa shape index (κ1) is 14.8. The van der Waals surface area contributed by atoms with Crippen LogP contribution in [-0.4, -0.2) is 38.9 Å². The van der Waals surface area contributed by atoms with Gasteiger partial charge in [-0.15, -0.1) is 0 Å². The SMILES string of the molecule is COCCOCC(=O)NC1CC2CCC1(C)C2(C)C. The fraction of sp³-hybridized carbons (Fsp3) is 0.933. The lowest BCUT2D eigenvalue weighted by atomic mass is 9.69. The topological polar surface area (TPSA) is 47.6 Å². The molecule has 1 amide bonds. The molecule has 2 rings (SSSR count). The molecule has 3 atom stereocenters. The summed E-state index contributed by atoms with van der Waals surface area (Å²) in [7, 11) is 1.63. The predicted octanol–water partition coefficient (Wildman–Crippen LogP) is 1.98. The Balaban J connectivity index is 1.83. The Bertz CT molecular complexity index is 342. The van der Waals surface area contributed by atoms with E-state index in [4.69, 9.17) is 9.47 Å². The Hall–Kier alpha value is -0.610. The van der Waals surface area contributed by atoms with Gasteiger partial charge in [0.15, 0.2) is 0 Å². The lowest BCUT2D eigenvalue weighted by molar-refractivity contribution is -0.127. The molecule has 0 saturated heterocycles. The monoisotopic (exact) mass is 269 g/mol. The highest BCUT2D eigenvalue weighted by Gasteiger charge is 2.61. The van der Waals surface area contributed by atoms with E-state index in [9.17, 15) is 4.79 Å². The third-order valence-electron chi connectivity index (χ3n) is 5.79. The van der Waals surface area contributed by atoms with Crippen molar-refractivity contribution in [3.8, 4) is 0 Å². The van der Waals surface area contributed by atoms with Gasteiger partial charge in [0.1, 0.15) is 6.61 Å². The van der Waals surface area contributed by atoms with Crippen LogP contribution in [0.25, 0.3) is 0 Å². The van der Waals surface area contributed by atoms with Crippen molar-refractivity contribution in [2.75, 3.05) is 26.9 Å². The molecule has 19 heavy (non-hydrogen) atoms. The number of nitrogens with one attached hydrogen (secondary N) is 1. The van der Waals surface area contributed by atoms with Gasteiger partial charge in [0.2, 0.25) is 5.91 Å². The quantitative estimate of drug-likeness (QED) is 0.750. The highest BCUT2D eigenvalue weighted by Crippen LogP contribution is 2.65. The number of hydrogen-bond donors (Lipinski definition) is 1. The second-order valence-corrected chi connectivity index (χ2v) is 6.78. The summed E-state index contributed by atoms with van der Waals surface area (Å²) >= 11 is 0. The van der Waals surface area contributed by atoms with Crippen molar-refractivity contribution < 1.29 is 14.3 Å². The number of amides is 1. The van der Waals surface area contributed by atoms with Crippen molar-refractivity contribution in [1.29, 1.82) is 0 Å². The summed E-state index contributed by atoms with van der Waals surface area (Å²) in [6, 6.07) is 0.305. The zero-order chi connectivity index (χ0) is 14.1. The van der Waals surface area contributed by atoms with E-state index >= 15 is 0 Å². The number of carbonyl (C=O) groups is 1. The predicted molar refractivity (Wildman–Crippen MR) is 73.9 cm³/mol. The standard InChI is InChI=1S/C15H27NO3/c1-14(2)11-5-6-15(14,3)12(9-11)16-13(17)10-19-8-7-18-4/h11-12H,5-10H2,1-4H3,(H,16,17). The molecule has 0 heterocycles. The fourth-order valence-electron chi connectivity index (χ4n) is 3.97. The van der Waals surface area contributed by atoms with Gasteiger partial charge in [-0.3, -0.25) is 4.79 Å². The van der Waals surface area contributed by atoms with Gasteiger partial charge in [0, 0.05) is 13.2 Å². The molecule has 2 saturated carbocycles. The van der Waals surface area contributed by atoms with Crippen molar-refractivity contribution >= 4 is 5.91 Å². The van der Waals surface area contributed by atoms with Gasteiger partial charge in [0.05, 0.1) is 13.2 Å². The Morgan fingerprint density at radius 3 is 2.58 bits per heavy atom. The minimum absolute atomic E-state index is 0.00526. The van der Waals surface area contributed by atoms with Gasteiger partial charge in [-0.05, 0) is 36.0 Å². The van der Waals surface area contributed by atoms with Crippen LogP contribution in [0, 0.1) is 16.7 Å². The highest BCUT2D eigenvalue weighted by molar-refractivity contribution is 5.77. The van der Waals surface area contributed by atoms with Gasteiger partial charge in [0.25, 0.3) is 0 Å². The van der Waals surface area contributed by atoms with Crippen LogP contribution in [0.15, 0.2) is 0 Å². The maximum atomic E-state index is 11.9. The van der Waals surface area contributed by atoms with Crippen molar-refractivity contribution in [2.45, 2.75) is 46.1 Å². The average molecular weight is 269 g/mol. The summed E-state index contributed by atoms with van der Waals surface area (Å²) in [5.41, 5.74) is 0.571. The Morgan fingerprint density at radius 2 is 2.05 bits per heavy atom. The molecule has 0 aliphatic heterocycles. The van der Waals surface area contributed by atoms with E-state index in [-0.39, 0.29) is 17.9 Å². The third-order valence-corrected chi connectivity index (χ3v) is 5.79. The first-order valence-corrected chi connectivity index (χ1v) is 7.28. The van der Waals surface area contributed by atoms with E-state index < -0.39 is 0 Å². The Labute approximate surface area is 116 Å². The normalized spacial score (nSPS) is 35.6. The third kappa shape index (κ3) is 2.52. The zero-order valence-electron chi connectivity index (χ0n) is 12.6. The number of rotatable bonds is 6. The summed E-state index contributed by atoms with van der Waals surface area (Å²) in [6.07, 6.45) is 3.65. The van der Waals surface area contributed by atoms with Crippen LogP contribution in [0.2, 0.25) is 0 Å². The molecule has 2 aliphatic rings. The molecular formula is C15H27NO3. The van der Waals surface area contributed by atoms with E-state index in [1.54, 1.807) is 7.11 Å². The number of methoxy groups -OCH3 is 1. The number of ether oxygens (including phenoxy) is 2. The number of fused-ring (bicyclic) bond motifs is 2. The fourth-order valence-corrected chi connectivity index (χ4v) is 3.97. The smallest absolute Gasteiger partial charge is 0.246 e. The molecule has 4 nitrogen and oxygen atoms in total. The lowest BCUT2D eigenvalue weighted by Crippen LogP contribution is -2.47. The van der Waals surface area contributed by atoms with Crippen LogP contribution >= 0.6 is 0 Å². The average Bonchev–Trinajstić information content (AvgIpc) is 2.68. The number of hydrogen-bond acceptors (Lipinski definition) is 3. The molecular weight excluding hydrogens is 242 g/mol. The van der Waals surface area contributed by atoms with Crippen LogP contribution in [0.4, 0.5) is 0 Å². The molecule has 110 valence electrons. The van der Waals surface area contributed by atoms with Crippen LogP contribution < -0.4 is 5.32 Å². The van der Waals surface area contributed by atoms with Crippen LogP contribution in [0.1, 0.15) is 40.0 Å². The summed E-state index contributed by atoms with van der Waals surface area (Å²) in [5, 5.41) is 3.18. The van der Waals surface area contributed by atoms with E-state index in [1.807, 2.05) is 0 Å². The molecule has 0 radical (unpaired) electrons. The molecule has 1 N–H and O–H groups in total. The van der Waals surface area contributed by atoms with Gasteiger partial charge in [-0.1, -0.05) is 20.8 Å². The molecule has 2 fully saturated rings. The zero-order valence-corrected chi connectivity index (χ0v) is 12.6. The largest absolute Gasteiger partial charge is 0.382 e. The van der Waals surface area contributed by atoms with Gasteiger partial charge in [-0.2, -0.15) is 0 Å². The lowest BCUT2D eigenvalue weighted by Gasteiger charge is -2.39. The Morgan fingerprint density at radius 1 is 1.32 bits per heavy atom. The van der Waals surface area contributed by atoms with Crippen LogP contribution in [-0.2, 0) is 14.3 Å². The maximum absolute atomic E-state index is 11.9. The number of carbonyl (C=O) groups excluding carboxylic acids is 1. The molecule has 0 aromatic carbocycles. The van der Waals surface area contributed by atoms with E-state index in [0.29, 0.717) is 24.7 Å². The highest BCUT2D eigenvalue weighted by atomic mass is 16.5. The van der Waals surface area contributed by atoms with Gasteiger partial charge in [-0.25, -0.2) is 0 Å². The van der Waals surface area contributed by atoms with E-state index in [2.05, 4.69) is 26.1 Å².